The zero-order chi connectivity index (χ0) is 13.7. The molecule has 2 aromatic carbocycles. The van der Waals surface area contributed by atoms with Gasteiger partial charge in [0.15, 0.2) is 0 Å². The first kappa shape index (κ1) is 13.9. The Kier molecular flexibility index (Phi) is 4.83. The summed E-state index contributed by atoms with van der Waals surface area (Å²) >= 11 is 5.86. The maximum atomic E-state index is 9.69. The van der Waals surface area contributed by atoms with Crippen molar-refractivity contribution in [1.29, 1.82) is 0 Å². The van der Waals surface area contributed by atoms with Crippen molar-refractivity contribution in [3.63, 3.8) is 0 Å². The van der Waals surface area contributed by atoms with Gasteiger partial charge in [-0.3, -0.25) is 0 Å². The Morgan fingerprint density at radius 3 is 2.47 bits per heavy atom. The third-order valence-electron chi connectivity index (χ3n) is 3.09. The van der Waals surface area contributed by atoms with E-state index in [4.69, 9.17) is 11.6 Å². The van der Waals surface area contributed by atoms with Crippen LogP contribution in [0.1, 0.15) is 18.1 Å². The Hall–Kier alpha value is -1.51. The highest BCUT2D eigenvalue weighted by Crippen LogP contribution is 2.16. The molecular weight excluding hydrogens is 258 g/mol. The van der Waals surface area contributed by atoms with Crippen molar-refractivity contribution >= 4 is 11.6 Å². The zero-order valence-corrected chi connectivity index (χ0v) is 11.7. The first-order chi connectivity index (χ1) is 9.15. The quantitative estimate of drug-likeness (QED) is 0.871. The van der Waals surface area contributed by atoms with Crippen molar-refractivity contribution in [1.82, 2.24) is 5.32 Å². The number of benzene rings is 2. The molecule has 1 atom stereocenters. The topological polar surface area (TPSA) is 32.3 Å². The zero-order valence-electron chi connectivity index (χ0n) is 10.9. The number of rotatable bonds is 5. The molecule has 19 heavy (non-hydrogen) atoms. The lowest BCUT2D eigenvalue weighted by molar-refractivity contribution is 0.458. The number of hydrogen-bond acceptors (Lipinski definition) is 2. The van der Waals surface area contributed by atoms with Crippen molar-refractivity contribution in [2.45, 2.75) is 25.9 Å². The molecule has 0 saturated carbocycles. The molecule has 0 aliphatic heterocycles. The van der Waals surface area contributed by atoms with E-state index in [0.717, 1.165) is 17.0 Å². The molecule has 0 aliphatic carbocycles. The van der Waals surface area contributed by atoms with Gasteiger partial charge in [-0.15, -0.1) is 0 Å². The van der Waals surface area contributed by atoms with Crippen LogP contribution in [0, 0.1) is 0 Å². The summed E-state index contributed by atoms with van der Waals surface area (Å²) in [5.41, 5.74) is 2.17. The van der Waals surface area contributed by atoms with Gasteiger partial charge in [0, 0.05) is 23.2 Å². The summed E-state index contributed by atoms with van der Waals surface area (Å²) in [5.74, 6) is 0.341. The molecule has 3 heteroatoms. The van der Waals surface area contributed by atoms with Crippen molar-refractivity contribution < 1.29 is 5.11 Å². The van der Waals surface area contributed by atoms with E-state index < -0.39 is 0 Å². The molecule has 2 nitrogen and oxygen atoms in total. The summed E-state index contributed by atoms with van der Waals surface area (Å²) in [6, 6.07) is 15.6. The first-order valence-corrected chi connectivity index (χ1v) is 6.77. The molecule has 0 heterocycles. The van der Waals surface area contributed by atoms with Gasteiger partial charge in [0.2, 0.25) is 0 Å². The van der Waals surface area contributed by atoms with Crippen LogP contribution in [0.2, 0.25) is 5.02 Å². The molecule has 100 valence electrons. The van der Waals surface area contributed by atoms with Crippen LogP contribution >= 0.6 is 11.6 Å². The molecule has 0 bridgehead atoms. The Morgan fingerprint density at radius 2 is 1.79 bits per heavy atom. The summed E-state index contributed by atoms with van der Waals surface area (Å²) in [5, 5.41) is 13.9. The van der Waals surface area contributed by atoms with Crippen molar-refractivity contribution in [2.75, 3.05) is 0 Å². The minimum atomic E-state index is 0.334. The molecular formula is C16H18ClNO. The average Bonchev–Trinajstić information content (AvgIpc) is 2.40. The lowest BCUT2D eigenvalue weighted by Gasteiger charge is -2.14. The third kappa shape index (κ3) is 4.27. The molecule has 0 saturated heterocycles. The molecule has 1 unspecified atom stereocenters. The van der Waals surface area contributed by atoms with Gasteiger partial charge in [-0.2, -0.15) is 0 Å². The fourth-order valence-electron chi connectivity index (χ4n) is 1.99. The van der Waals surface area contributed by atoms with Crippen LogP contribution in [0.3, 0.4) is 0 Å². The molecule has 2 N–H and O–H groups in total. The standard InChI is InChI=1S/C16H18ClNO/c1-12(10-13-6-8-15(17)9-7-13)18-11-14-4-2-3-5-16(14)19/h2-9,12,18-19H,10-11H2,1H3. The molecule has 0 radical (unpaired) electrons. The summed E-state index contributed by atoms with van der Waals surface area (Å²) in [6.45, 7) is 2.80. The van der Waals surface area contributed by atoms with E-state index in [9.17, 15) is 5.11 Å². The molecule has 0 spiro atoms. The van der Waals surface area contributed by atoms with E-state index >= 15 is 0 Å². The highest BCUT2D eigenvalue weighted by Gasteiger charge is 2.05. The molecule has 0 aromatic heterocycles. The second kappa shape index (κ2) is 6.60. The van der Waals surface area contributed by atoms with E-state index in [1.807, 2.05) is 42.5 Å². The highest BCUT2D eigenvalue weighted by molar-refractivity contribution is 6.30. The normalized spacial score (nSPS) is 12.3. The number of phenols is 1. The predicted octanol–water partition coefficient (Wildman–Crippen LogP) is 3.77. The number of para-hydroxylation sites is 1. The van der Waals surface area contributed by atoms with Crippen LogP contribution in [0.5, 0.6) is 5.75 Å². The average molecular weight is 276 g/mol. The monoisotopic (exact) mass is 275 g/mol. The molecule has 2 rings (SSSR count). The predicted molar refractivity (Wildman–Crippen MR) is 79.6 cm³/mol. The minimum Gasteiger partial charge on any atom is -0.508 e. The second-order valence-corrected chi connectivity index (χ2v) is 5.18. The highest BCUT2D eigenvalue weighted by atomic mass is 35.5. The van der Waals surface area contributed by atoms with Gasteiger partial charge in [0.25, 0.3) is 0 Å². The fraction of sp³-hybridized carbons (Fsp3) is 0.250. The van der Waals surface area contributed by atoms with Crippen molar-refractivity contribution in [3.05, 3.63) is 64.7 Å². The van der Waals surface area contributed by atoms with E-state index in [2.05, 4.69) is 12.2 Å². The van der Waals surface area contributed by atoms with Gasteiger partial charge in [0.1, 0.15) is 5.75 Å². The Balaban J connectivity index is 1.86. The van der Waals surface area contributed by atoms with Crippen LogP contribution in [0.4, 0.5) is 0 Å². The SMILES string of the molecule is CC(Cc1ccc(Cl)cc1)NCc1ccccc1O. The number of aromatic hydroxyl groups is 1. The van der Waals surface area contributed by atoms with Crippen molar-refractivity contribution in [3.8, 4) is 5.75 Å². The number of phenolic OH excluding ortho intramolecular Hbond substituents is 1. The first-order valence-electron chi connectivity index (χ1n) is 6.40. The second-order valence-electron chi connectivity index (χ2n) is 4.74. The molecule has 2 aromatic rings. The lowest BCUT2D eigenvalue weighted by atomic mass is 10.1. The van der Waals surface area contributed by atoms with Gasteiger partial charge in [-0.25, -0.2) is 0 Å². The van der Waals surface area contributed by atoms with E-state index in [-0.39, 0.29) is 0 Å². The summed E-state index contributed by atoms with van der Waals surface area (Å²) < 4.78 is 0. The minimum absolute atomic E-state index is 0.334. The van der Waals surface area contributed by atoms with Crippen LogP contribution in [0.25, 0.3) is 0 Å². The van der Waals surface area contributed by atoms with Gasteiger partial charge in [-0.05, 0) is 37.1 Å². The third-order valence-corrected chi connectivity index (χ3v) is 3.34. The van der Waals surface area contributed by atoms with Crippen LogP contribution in [0.15, 0.2) is 48.5 Å². The van der Waals surface area contributed by atoms with E-state index in [0.29, 0.717) is 18.3 Å². The van der Waals surface area contributed by atoms with Gasteiger partial charge < -0.3 is 10.4 Å². The Bertz CT molecular complexity index is 525. The van der Waals surface area contributed by atoms with Crippen LogP contribution in [-0.2, 0) is 13.0 Å². The maximum Gasteiger partial charge on any atom is 0.120 e. The van der Waals surface area contributed by atoms with E-state index in [1.54, 1.807) is 6.07 Å². The number of hydrogen-bond donors (Lipinski definition) is 2. The Labute approximate surface area is 119 Å². The van der Waals surface area contributed by atoms with Crippen molar-refractivity contribution in [2.24, 2.45) is 0 Å². The van der Waals surface area contributed by atoms with E-state index in [1.165, 1.54) is 5.56 Å². The van der Waals surface area contributed by atoms with Crippen LogP contribution < -0.4 is 5.32 Å². The summed E-state index contributed by atoms with van der Waals surface area (Å²) in [6.07, 6.45) is 0.935. The largest absolute Gasteiger partial charge is 0.508 e. The summed E-state index contributed by atoms with van der Waals surface area (Å²) in [4.78, 5) is 0. The van der Waals surface area contributed by atoms with Gasteiger partial charge in [-0.1, -0.05) is 41.9 Å². The van der Waals surface area contributed by atoms with Crippen LogP contribution in [-0.4, -0.2) is 11.1 Å². The maximum absolute atomic E-state index is 9.69. The van der Waals surface area contributed by atoms with Gasteiger partial charge >= 0.3 is 0 Å². The van der Waals surface area contributed by atoms with Gasteiger partial charge in [0.05, 0.1) is 0 Å². The number of halogens is 1. The Morgan fingerprint density at radius 1 is 1.11 bits per heavy atom. The smallest absolute Gasteiger partial charge is 0.120 e. The molecule has 0 fully saturated rings. The molecule has 0 aliphatic rings. The lowest BCUT2D eigenvalue weighted by Crippen LogP contribution is -2.27. The molecule has 0 amide bonds. The summed E-state index contributed by atoms with van der Waals surface area (Å²) in [7, 11) is 0. The fourth-order valence-corrected chi connectivity index (χ4v) is 2.12. The number of nitrogens with one attached hydrogen (secondary N) is 1.